The Bertz CT molecular complexity index is 876. The molecule has 1 saturated carbocycles. The van der Waals surface area contributed by atoms with E-state index in [4.69, 9.17) is 33.7 Å². The number of nitrogens with zero attached hydrogens (tertiary/aromatic N) is 1. The van der Waals surface area contributed by atoms with Gasteiger partial charge in [0, 0.05) is 29.7 Å². The van der Waals surface area contributed by atoms with E-state index in [2.05, 4.69) is 4.90 Å². The van der Waals surface area contributed by atoms with Crippen LogP contribution >= 0.6 is 23.2 Å². The summed E-state index contributed by atoms with van der Waals surface area (Å²) in [5.41, 5.74) is 7.21. The maximum atomic E-state index is 14.2. The first-order valence-electron chi connectivity index (χ1n) is 8.86. The average Bonchev–Trinajstić information content (AvgIpc) is 3.36. The minimum Gasteiger partial charge on any atom is -0.488 e. The summed E-state index contributed by atoms with van der Waals surface area (Å²) in [6.07, 6.45) is 2.18. The lowest BCUT2D eigenvalue weighted by Crippen LogP contribution is -2.53. The number of benzene rings is 2. The largest absolute Gasteiger partial charge is 0.488 e. The summed E-state index contributed by atoms with van der Waals surface area (Å²) in [5, 5.41) is 1.07. The van der Waals surface area contributed by atoms with Gasteiger partial charge in [-0.1, -0.05) is 23.2 Å². The lowest BCUT2D eigenvalue weighted by molar-refractivity contribution is 0.0144. The average molecular weight is 409 g/mol. The number of hydrogen-bond acceptors (Lipinski definition) is 3. The van der Waals surface area contributed by atoms with Gasteiger partial charge in [-0.3, -0.25) is 9.69 Å². The van der Waals surface area contributed by atoms with E-state index in [1.165, 1.54) is 6.07 Å². The van der Waals surface area contributed by atoms with Crippen LogP contribution in [0.15, 0.2) is 30.3 Å². The van der Waals surface area contributed by atoms with Gasteiger partial charge < -0.3 is 10.5 Å². The number of hydrogen-bond donors (Lipinski definition) is 1. The quantitative estimate of drug-likeness (QED) is 0.771. The van der Waals surface area contributed by atoms with E-state index in [-0.39, 0.29) is 11.7 Å². The molecular formula is C20H19Cl2FN2O2. The zero-order valence-electron chi connectivity index (χ0n) is 14.6. The van der Waals surface area contributed by atoms with Crippen LogP contribution < -0.4 is 10.5 Å². The van der Waals surface area contributed by atoms with Crippen molar-refractivity contribution in [2.75, 3.05) is 13.1 Å². The van der Waals surface area contributed by atoms with Gasteiger partial charge in [0.05, 0.1) is 5.56 Å². The summed E-state index contributed by atoms with van der Waals surface area (Å²) in [6.45, 7) is 2.08. The number of likely N-dealkylation sites (tertiary alicyclic amines) is 1. The van der Waals surface area contributed by atoms with Crippen molar-refractivity contribution in [3.63, 3.8) is 0 Å². The molecule has 2 aromatic rings. The molecule has 2 aromatic carbocycles. The SMILES string of the molecule is NC(=O)c1cc(C2CC2)c(CN2CC(Oc3cc(Cl)cc(Cl)c3)C2)cc1F. The molecule has 4 nitrogen and oxygen atoms in total. The van der Waals surface area contributed by atoms with Gasteiger partial charge in [0.2, 0.25) is 0 Å². The Morgan fingerprint density at radius 1 is 1.15 bits per heavy atom. The van der Waals surface area contributed by atoms with Crippen LogP contribution in [0.3, 0.4) is 0 Å². The van der Waals surface area contributed by atoms with Crippen LogP contribution in [-0.4, -0.2) is 30.0 Å². The molecule has 2 N–H and O–H groups in total. The molecule has 2 aliphatic rings. The van der Waals surface area contributed by atoms with E-state index in [1.807, 2.05) is 0 Å². The van der Waals surface area contributed by atoms with Crippen molar-refractivity contribution in [3.05, 3.63) is 62.9 Å². The molecule has 142 valence electrons. The van der Waals surface area contributed by atoms with Crippen LogP contribution in [-0.2, 0) is 6.54 Å². The van der Waals surface area contributed by atoms with E-state index in [1.54, 1.807) is 24.3 Å². The predicted molar refractivity (Wildman–Crippen MR) is 103 cm³/mol. The molecule has 1 saturated heterocycles. The molecule has 1 amide bonds. The highest BCUT2D eigenvalue weighted by Gasteiger charge is 2.32. The second kappa shape index (κ2) is 7.30. The van der Waals surface area contributed by atoms with Gasteiger partial charge in [-0.2, -0.15) is 0 Å². The smallest absolute Gasteiger partial charge is 0.251 e. The Morgan fingerprint density at radius 2 is 1.81 bits per heavy atom. The standard InChI is InChI=1S/C20H19Cl2FN2O2/c21-13-4-14(22)6-15(5-13)27-16-9-25(10-16)8-12-3-19(23)18(20(24)26)7-17(12)11-1-2-11/h3-7,11,16H,1-2,8-10H2,(H2,24,26). The topological polar surface area (TPSA) is 55.6 Å². The zero-order valence-corrected chi connectivity index (χ0v) is 16.1. The fraction of sp³-hybridized carbons (Fsp3) is 0.350. The van der Waals surface area contributed by atoms with Crippen LogP contribution in [0.2, 0.25) is 10.0 Å². The van der Waals surface area contributed by atoms with E-state index >= 15 is 0 Å². The summed E-state index contributed by atoms with van der Waals surface area (Å²) in [7, 11) is 0. The third kappa shape index (κ3) is 4.21. The Kier molecular flexibility index (Phi) is 5.01. The van der Waals surface area contributed by atoms with Gasteiger partial charge in [-0.15, -0.1) is 0 Å². The second-order valence-electron chi connectivity index (χ2n) is 7.21. The monoisotopic (exact) mass is 408 g/mol. The summed E-state index contributed by atoms with van der Waals surface area (Å²) >= 11 is 12.0. The van der Waals surface area contributed by atoms with Crippen molar-refractivity contribution in [1.29, 1.82) is 0 Å². The number of amides is 1. The van der Waals surface area contributed by atoms with E-state index in [9.17, 15) is 9.18 Å². The molecule has 4 rings (SSSR count). The number of rotatable bonds is 6. The van der Waals surface area contributed by atoms with Crippen LogP contribution in [0.1, 0.15) is 40.2 Å². The van der Waals surface area contributed by atoms with Gasteiger partial charge in [0.1, 0.15) is 17.7 Å². The second-order valence-corrected chi connectivity index (χ2v) is 8.08. The van der Waals surface area contributed by atoms with Crippen molar-refractivity contribution >= 4 is 29.1 Å². The van der Waals surface area contributed by atoms with E-state index in [0.717, 1.165) is 37.1 Å². The molecule has 0 unspecified atom stereocenters. The number of nitrogens with two attached hydrogens (primary N) is 1. The molecule has 0 spiro atoms. The molecule has 0 atom stereocenters. The fourth-order valence-electron chi connectivity index (χ4n) is 3.49. The van der Waals surface area contributed by atoms with Gasteiger partial charge in [0.25, 0.3) is 5.91 Å². The lowest BCUT2D eigenvalue weighted by atomic mass is 9.97. The van der Waals surface area contributed by atoms with Crippen LogP contribution in [0.25, 0.3) is 0 Å². The van der Waals surface area contributed by atoms with Crippen LogP contribution in [0.5, 0.6) is 5.75 Å². The Morgan fingerprint density at radius 3 is 2.41 bits per heavy atom. The molecule has 1 aliphatic carbocycles. The number of primary amides is 1. The predicted octanol–water partition coefficient (Wildman–Crippen LogP) is 4.37. The molecule has 0 aromatic heterocycles. The van der Waals surface area contributed by atoms with Crippen molar-refractivity contribution in [2.45, 2.75) is 31.4 Å². The summed E-state index contributed by atoms with van der Waals surface area (Å²) in [4.78, 5) is 13.6. The summed E-state index contributed by atoms with van der Waals surface area (Å²) in [6, 6.07) is 8.22. The molecule has 1 heterocycles. The Balaban J connectivity index is 1.41. The third-order valence-corrected chi connectivity index (χ3v) is 5.40. The number of halogens is 3. The Hall–Kier alpha value is -1.82. The molecule has 0 bridgehead atoms. The number of ether oxygens (including phenoxy) is 1. The first kappa shape index (κ1) is 18.5. The lowest BCUT2D eigenvalue weighted by Gasteiger charge is -2.39. The highest BCUT2D eigenvalue weighted by Crippen LogP contribution is 2.43. The van der Waals surface area contributed by atoms with Gasteiger partial charge in [-0.25, -0.2) is 4.39 Å². The normalized spacial score (nSPS) is 17.6. The molecule has 27 heavy (non-hydrogen) atoms. The van der Waals surface area contributed by atoms with E-state index in [0.29, 0.717) is 28.3 Å². The molecule has 0 radical (unpaired) electrons. The summed E-state index contributed by atoms with van der Waals surface area (Å²) < 4.78 is 20.1. The molecule has 7 heteroatoms. The number of carbonyl (C=O) groups is 1. The summed E-state index contributed by atoms with van der Waals surface area (Å²) in [5.74, 6) is -0.226. The maximum absolute atomic E-state index is 14.2. The van der Waals surface area contributed by atoms with Gasteiger partial charge in [-0.05, 0) is 60.2 Å². The van der Waals surface area contributed by atoms with Crippen molar-refractivity contribution in [2.24, 2.45) is 5.73 Å². The van der Waals surface area contributed by atoms with Crippen molar-refractivity contribution in [3.8, 4) is 5.75 Å². The van der Waals surface area contributed by atoms with Crippen LogP contribution in [0.4, 0.5) is 4.39 Å². The molecule has 2 fully saturated rings. The Labute approximate surface area is 167 Å². The zero-order chi connectivity index (χ0) is 19.1. The fourth-order valence-corrected chi connectivity index (χ4v) is 3.99. The highest BCUT2D eigenvalue weighted by molar-refractivity contribution is 6.34. The third-order valence-electron chi connectivity index (χ3n) is 4.97. The van der Waals surface area contributed by atoms with Crippen molar-refractivity contribution in [1.82, 2.24) is 4.90 Å². The van der Waals surface area contributed by atoms with Gasteiger partial charge in [0.15, 0.2) is 0 Å². The first-order chi connectivity index (χ1) is 12.9. The highest BCUT2D eigenvalue weighted by atomic mass is 35.5. The molecule has 1 aliphatic heterocycles. The minimum atomic E-state index is -0.724. The van der Waals surface area contributed by atoms with Gasteiger partial charge >= 0.3 is 0 Å². The molecular weight excluding hydrogens is 390 g/mol. The maximum Gasteiger partial charge on any atom is 0.251 e. The van der Waals surface area contributed by atoms with Crippen LogP contribution in [0, 0.1) is 5.82 Å². The number of carbonyl (C=O) groups excluding carboxylic acids is 1. The van der Waals surface area contributed by atoms with E-state index < -0.39 is 11.7 Å². The first-order valence-corrected chi connectivity index (χ1v) is 9.62. The van der Waals surface area contributed by atoms with Crippen molar-refractivity contribution < 1.29 is 13.9 Å². The minimum absolute atomic E-state index is 0.0247.